The van der Waals surface area contributed by atoms with Crippen molar-refractivity contribution in [3.8, 4) is 0 Å². The van der Waals surface area contributed by atoms with Crippen LogP contribution in [0.4, 0.5) is 0 Å². The van der Waals surface area contributed by atoms with Crippen LogP contribution in [0.25, 0.3) is 0 Å². The summed E-state index contributed by atoms with van der Waals surface area (Å²) >= 11 is 0. The van der Waals surface area contributed by atoms with Gasteiger partial charge in [-0.1, -0.05) is 25.7 Å². The molecule has 0 aromatic carbocycles. The maximum absolute atomic E-state index is 12.7. The molecule has 1 unspecified atom stereocenters. The molecule has 20 heavy (non-hydrogen) atoms. The Bertz CT molecular complexity index is 377. The molecule has 0 bridgehead atoms. The molecular weight excluding hydrogens is 272 g/mol. The molecular formula is C15H30N2O2S. The van der Waals surface area contributed by atoms with Crippen LogP contribution in [0.1, 0.15) is 57.8 Å². The van der Waals surface area contributed by atoms with Gasteiger partial charge >= 0.3 is 0 Å². The summed E-state index contributed by atoms with van der Waals surface area (Å²) in [5.74, 6) is 0.795. The molecule has 1 aliphatic carbocycles. The predicted molar refractivity (Wildman–Crippen MR) is 83.3 cm³/mol. The van der Waals surface area contributed by atoms with Crippen LogP contribution < -0.4 is 5.32 Å². The van der Waals surface area contributed by atoms with E-state index in [1.165, 1.54) is 25.7 Å². The molecule has 0 aromatic heterocycles. The van der Waals surface area contributed by atoms with Crippen LogP contribution in [0.15, 0.2) is 0 Å². The van der Waals surface area contributed by atoms with Crippen molar-refractivity contribution in [3.05, 3.63) is 0 Å². The normalized spacial score (nSPS) is 26.8. The third-order valence-corrected chi connectivity index (χ3v) is 6.92. The summed E-state index contributed by atoms with van der Waals surface area (Å²) in [5.41, 5.74) is 0. The van der Waals surface area contributed by atoms with Gasteiger partial charge in [0.2, 0.25) is 10.0 Å². The van der Waals surface area contributed by atoms with E-state index in [0.717, 1.165) is 45.2 Å². The Balaban J connectivity index is 1.97. The van der Waals surface area contributed by atoms with Crippen molar-refractivity contribution in [1.29, 1.82) is 0 Å². The van der Waals surface area contributed by atoms with Gasteiger partial charge in [0.15, 0.2) is 0 Å². The lowest BCUT2D eigenvalue weighted by atomic mass is 9.91. The number of nitrogens with one attached hydrogen (secondary N) is 1. The smallest absolute Gasteiger partial charge is 0.214 e. The average Bonchev–Trinajstić information content (AvgIpc) is 2.46. The second-order valence-corrected chi connectivity index (χ2v) is 8.40. The van der Waals surface area contributed by atoms with E-state index in [-0.39, 0.29) is 6.04 Å². The molecule has 1 heterocycles. The van der Waals surface area contributed by atoms with Crippen LogP contribution in [-0.2, 0) is 10.0 Å². The standard InChI is InChI=1S/C15H30N2O2S/c1-16-11-10-15-9-5-6-12-17(15)20(18,19)13-14-7-3-2-4-8-14/h14-16H,2-13H2,1H3. The van der Waals surface area contributed by atoms with Gasteiger partial charge in [0.1, 0.15) is 0 Å². The summed E-state index contributed by atoms with van der Waals surface area (Å²) in [5, 5.41) is 3.15. The molecule has 2 aliphatic rings. The van der Waals surface area contributed by atoms with Gasteiger partial charge in [0.25, 0.3) is 0 Å². The minimum atomic E-state index is -3.06. The van der Waals surface area contributed by atoms with Crippen LogP contribution in [0, 0.1) is 5.92 Å². The Kier molecular flexibility index (Phi) is 6.30. The van der Waals surface area contributed by atoms with Gasteiger partial charge < -0.3 is 5.32 Å². The number of piperidine rings is 1. The predicted octanol–water partition coefficient (Wildman–Crippen LogP) is 2.36. The SMILES string of the molecule is CNCCC1CCCCN1S(=O)(=O)CC1CCCCC1. The van der Waals surface area contributed by atoms with Crippen LogP contribution in [0.5, 0.6) is 0 Å². The molecule has 5 heteroatoms. The lowest BCUT2D eigenvalue weighted by Crippen LogP contribution is -2.46. The van der Waals surface area contributed by atoms with E-state index in [9.17, 15) is 8.42 Å². The van der Waals surface area contributed by atoms with E-state index in [2.05, 4.69) is 5.32 Å². The molecule has 1 aliphatic heterocycles. The second kappa shape index (κ2) is 7.76. The van der Waals surface area contributed by atoms with E-state index < -0.39 is 10.0 Å². The average molecular weight is 302 g/mol. The maximum atomic E-state index is 12.7. The number of nitrogens with zero attached hydrogens (tertiary/aromatic N) is 1. The topological polar surface area (TPSA) is 49.4 Å². The monoisotopic (exact) mass is 302 g/mol. The molecule has 0 radical (unpaired) electrons. The quantitative estimate of drug-likeness (QED) is 0.819. The molecule has 0 aromatic rings. The van der Waals surface area contributed by atoms with Gasteiger partial charge in [-0.25, -0.2) is 8.42 Å². The summed E-state index contributed by atoms with van der Waals surface area (Å²) in [6, 6.07) is 0.227. The largest absolute Gasteiger partial charge is 0.320 e. The maximum Gasteiger partial charge on any atom is 0.214 e. The first-order chi connectivity index (χ1) is 9.63. The van der Waals surface area contributed by atoms with E-state index in [4.69, 9.17) is 0 Å². The Morgan fingerprint density at radius 2 is 1.75 bits per heavy atom. The van der Waals surface area contributed by atoms with Gasteiger partial charge in [0, 0.05) is 12.6 Å². The van der Waals surface area contributed by atoms with Gasteiger partial charge in [-0.05, 0) is 51.6 Å². The summed E-state index contributed by atoms with van der Waals surface area (Å²) in [6.45, 7) is 1.64. The van der Waals surface area contributed by atoms with E-state index in [1.54, 1.807) is 0 Å². The first-order valence-corrected chi connectivity index (χ1v) is 9.88. The fourth-order valence-electron chi connectivity index (χ4n) is 3.69. The zero-order valence-corrected chi connectivity index (χ0v) is 13.6. The van der Waals surface area contributed by atoms with Crippen LogP contribution >= 0.6 is 0 Å². The van der Waals surface area contributed by atoms with Gasteiger partial charge in [-0.15, -0.1) is 0 Å². The molecule has 0 spiro atoms. The lowest BCUT2D eigenvalue weighted by Gasteiger charge is -2.36. The first kappa shape index (κ1) is 16.2. The highest BCUT2D eigenvalue weighted by Gasteiger charge is 2.33. The molecule has 0 amide bonds. The number of sulfonamides is 1. The third kappa shape index (κ3) is 4.43. The van der Waals surface area contributed by atoms with Crippen molar-refractivity contribution >= 4 is 10.0 Å². The highest BCUT2D eigenvalue weighted by atomic mass is 32.2. The summed E-state index contributed by atoms with van der Waals surface area (Å²) in [6.07, 6.45) is 10.1. The second-order valence-electron chi connectivity index (χ2n) is 6.44. The number of hydrogen-bond acceptors (Lipinski definition) is 3. The van der Waals surface area contributed by atoms with E-state index >= 15 is 0 Å². The van der Waals surface area contributed by atoms with E-state index in [1.807, 2.05) is 11.4 Å². The van der Waals surface area contributed by atoms with Gasteiger partial charge in [-0.3, -0.25) is 0 Å². The molecule has 1 atom stereocenters. The third-order valence-electron chi connectivity index (χ3n) is 4.83. The molecule has 2 fully saturated rings. The van der Waals surface area contributed by atoms with Crippen LogP contribution in [0.2, 0.25) is 0 Å². The van der Waals surface area contributed by atoms with E-state index in [0.29, 0.717) is 11.7 Å². The summed E-state index contributed by atoms with van der Waals surface area (Å²) in [7, 11) is -1.12. The summed E-state index contributed by atoms with van der Waals surface area (Å²) < 4.78 is 27.3. The highest BCUT2D eigenvalue weighted by molar-refractivity contribution is 7.89. The molecule has 2 rings (SSSR count). The Morgan fingerprint density at radius 3 is 2.45 bits per heavy atom. The van der Waals surface area contributed by atoms with Gasteiger partial charge in [-0.2, -0.15) is 4.31 Å². The minimum Gasteiger partial charge on any atom is -0.320 e. The number of rotatable bonds is 6. The van der Waals surface area contributed by atoms with Crippen molar-refractivity contribution in [2.45, 2.75) is 63.8 Å². The highest BCUT2D eigenvalue weighted by Crippen LogP contribution is 2.29. The molecule has 1 saturated carbocycles. The van der Waals surface area contributed by atoms with Crippen molar-refractivity contribution < 1.29 is 8.42 Å². The molecule has 4 nitrogen and oxygen atoms in total. The van der Waals surface area contributed by atoms with Gasteiger partial charge in [0.05, 0.1) is 5.75 Å². The Morgan fingerprint density at radius 1 is 1.05 bits per heavy atom. The first-order valence-electron chi connectivity index (χ1n) is 8.27. The zero-order chi connectivity index (χ0) is 14.4. The fourth-order valence-corrected chi connectivity index (χ4v) is 5.88. The lowest BCUT2D eigenvalue weighted by molar-refractivity contribution is 0.237. The zero-order valence-electron chi connectivity index (χ0n) is 12.8. The summed E-state index contributed by atoms with van der Waals surface area (Å²) in [4.78, 5) is 0. The number of hydrogen-bond donors (Lipinski definition) is 1. The van der Waals surface area contributed by atoms with Crippen molar-refractivity contribution in [1.82, 2.24) is 9.62 Å². The van der Waals surface area contributed by atoms with Crippen molar-refractivity contribution in [3.63, 3.8) is 0 Å². The fraction of sp³-hybridized carbons (Fsp3) is 1.00. The Labute approximate surface area is 124 Å². The molecule has 118 valence electrons. The van der Waals surface area contributed by atoms with Crippen LogP contribution in [0.3, 0.4) is 0 Å². The Hall–Kier alpha value is -0.130. The molecule has 1 saturated heterocycles. The minimum absolute atomic E-state index is 0.227. The van der Waals surface area contributed by atoms with Crippen molar-refractivity contribution in [2.24, 2.45) is 5.92 Å². The van der Waals surface area contributed by atoms with Crippen molar-refractivity contribution in [2.75, 3.05) is 25.9 Å². The van der Waals surface area contributed by atoms with Crippen LogP contribution in [-0.4, -0.2) is 44.7 Å². The molecule has 1 N–H and O–H groups in total.